The number of nitrogens with two attached hydrogens (primary N) is 1. The average Bonchev–Trinajstić information content (AvgIpc) is 3.10. The van der Waals surface area contributed by atoms with Gasteiger partial charge in [-0.1, -0.05) is 5.16 Å². The molecule has 0 aliphatic carbocycles. The molecule has 1 aliphatic rings. The van der Waals surface area contributed by atoms with Crippen LogP contribution in [0.4, 0.5) is 5.82 Å². The molecule has 0 amide bonds. The predicted octanol–water partition coefficient (Wildman–Crippen LogP) is -1.43. The molecule has 0 bridgehead atoms. The van der Waals surface area contributed by atoms with E-state index in [0.29, 0.717) is 22.4 Å². The Kier molecular flexibility index (Phi) is 4.24. The third-order valence-corrected chi connectivity index (χ3v) is 4.42. The van der Waals surface area contributed by atoms with Gasteiger partial charge in [0, 0.05) is 13.2 Å². The normalized spacial score (nSPS) is 30.1. The molecule has 136 valence electrons. The van der Waals surface area contributed by atoms with E-state index in [1.54, 1.807) is 7.05 Å². The van der Waals surface area contributed by atoms with Crippen molar-refractivity contribution in [2.45, 2.75) is 31.0 Å². The highest BCUT2D eigenvalue weighted by atomic mass is 16.6. The van der Waals surface area contributed by atoms with Gasteiger partial charge in [-0.25, -0.2) is 9.97 Å². The van der Waals surface area contributed by atoms with Crippen LogP contribution in [-0.4, -0.2) is 72.4 Å². The molecule has 7 N–H and O–H groups in total. The lowest BCUT2D eigenvalue weighted by atomic mass is 9.96. The molecule has 3 heterocycles. The van der Waals surface area contributed by atoms with Gasteiger partial charge in [0.25, 0.3) is 0 Å². The number of rotatable bonds is 4. The number of fused-ring (bicyclic) bond motifs is 1. The summed E-state index contributed by atoms with van der Waals surface area (Å²) in [4.78, 5) is 8.30. The molecule has 4 atom stereocenters. The molecule has 11 heteroatoms. The molecule has 1 aliphatic heterocycles. The van der Waals surface area contributed by atoms with Crippen molar-refractivity contribution < 1.29 is 25.3 Å². The molecule has 11 nitrogen and oxygen atoms in total. The van der Waals surface area contributed by atoms with Crippen molar-refractivity contribution in [3.63, 3.8) is 0 Å². The van der Waals surface area contributed by atoms with Crippen LogP contribution in [0, 0.1) is 0 Å². The second-order valence-electron chi connectivity index (χ2n) is 5.99. The number of hydrogen-bond acceptors (Lipinski definition) is 9. The van der Waals surface area contributed by atoms with Crippen LogP contribution in [0.5, 0.6) is 0 Å². The molecule has 2 aromatic rings. The minimum absolute atomic E-state index is 0.174. The Hall–Kier alpha value is -2.47. The second kappa shape index (κ2) is 6.11. The zero-order chi connectivity index (χ0) is 18.4. The van der Waals surface area contributed by atoms with Crippen molar-refractivity contribution in [1.82, 2.24) is 14.5 Å². The Balaban J connectivity index is 2.24. The van der Waals surface area contributed by atoms with Gasteiger partial charge >= 0.3 is 0 Å². The van der Waals surface area contributed by atoms with E-state index in [4.69, 9.17) is 15.7 Å². The van der Waals surface area contributed by atoms with Gasteiger partial charge in [-0.15, -0.1) is 0 Å². The minimum atomic E-state index is -1.70. The summed E-state index contributed by atoms with van der Waals surface area (Å²) < 4.78 is 7.08. The van der Waals surface area contributed by atoms with Crippen LogP contribution < -0.4 is 11.1 Å². The van der Waals surface area contributed by atoms with Crippen LogP contribution in [0.1, 0.15) is 18.7 Å². The number of nitrogens with zero attached hydrogens (tertiary/aromatic N) is 4. The van der Waals surface area contributed by atoms with Crippen molar-refractivity contribution in [3.8, 4) is 0 Å². The Morgan fingerprint density at radius 2 is 2.24 bits per heavy atom. The smallest absolute Gasteiger partial charge is 0.172 e. The number of aromatic nitrogens is 3. The van der Waals surface area contributed by atoms with Crippen molar-refractivity contribution in [2.24, 2.45) is 10.9 Å². The van der Waals surface area contributed by atoms with E-state index >= 15 is 0 Å². The number of ether oxygens (including phenoxy) is 1. The van der Waals surface area contributed by atoms with Gasteiger partial charge < -0.3 is 40.9 Å². The van der Waals surface area contributed by atoms with Crippen LogP contribution in [0.2, 0.25) is 0 Å². The average molecular weight is 352 g/mol. The summed E-state index contributed by atoms with van der Waals surface area (Å²) in [5.41, 5.74) is 4.72. The van der Waals surface area contributed by atoms with E-state index in [-0.39, 0.29) is 5.84 Å². The monoisotopic (exact) mass is 352 g/mol. The number of hydrogen-bond donors (Lipinski definition) is 6. The third kappa shape index (κ3) is 2.48. The van der Waals surface area contributed by atoms with E-state index in [1.807, 2.05) is 0 Å². The quantitative estimate of drug-likeness (QED) is 0.167. The van der Waals surface area contributed by atoms with E-state index in [2.05, 4.69) is 20.4 Å². The van der Waals surface area contributed by atoms with Crippen LogP contribution in [0.15, 0.2) is 17.7 Å². The molecular weight excluding hydrogens is 332 g/mol. The summed E-state index contributed by atoms with van der Waals surface area (Å²) >= 11 is 0. The van der Waals surface area contributed by atoms with Gasteiger partial charge in [0.2, 0.25) is 0 Å². The van der Waals surface area contributed by atoms with E-state index in [1.165, 1.54) is 24.0 Å². The van der Waals surface area contributed by atoms with Gasteiger partial charge in [-0.3, -0.25) is 0 Å². The second-order valence-corrected chi connectivity index (χ2v) is 5.99. The molecule has 0 spiro atoms. The third-order valence-electron chi connectivity index (χ3n) is 4.42. The first-order valence-corrected chi connectivity index (χ1v) is 7.54. The maximum Gasteiger partial charge on any atom is 0.172 e. The molecule has 1 saturated heterocycles. The fourth-order valence-corrected chi connectivity index (χ4v) is 3.09. The first kappa shape index (κ1) is 17.4. The molecule has 25 heavy (non-hydrogen) atoms. The maximum atomic E-state index is 10.7. The summed E-state index contributed by atoms with van der Waals surface area (Å²) in [6, 6.07) is 0. The van der Waals surface area contributed by atoms with Crippen LogP contribution in [0.3, 0.4) is 0 Å². The molecule has 1 fully saturated rings. The number of anilines is 1. The predicted molar refractivity (Wildman–Crippen MR) is 87.2 cm³/mol. The maximum absolute atomic E-state index is 10.7. The zero-order valence-electron chi connectivity index (χ0n) is 13.7. The van der Waals surface area contributed by atoms with Crippen molar-refractivity contribution in [3.05, 3.63) is 18.1 Å². The summed E-state index contributed by atoms with van der Waals surface area (Å²) in [6.45, 7) is 0.935. The first-order valence-electron chi connectivity index (χ1n) is 7.54. The molecule has 3 rings (SSSR count). The highest BCUT2D eigenvalue weighted by molar-refractivity contribution is 6.11. The number of aliphatic hydroxyl groups is 3. The number of nitrogens with one attached hydrogen (secondary N) is 1. The molecule has 0 saturated carbocycles. The number of aliphatic hydroxyl groups excluding tert-OH is 2. The SMILES string of the molecule is CNc1ncnc2c1c(/C(N)=N/O)cn2[C@@H]1O[C@H](CO)[C@@H](O)[C@@]1(C)O. The first-order chi connectivity index (χ1) is 11.9. The molecule has 0 aromatic carbocycles. The topological polar surface area (TPSA) is 171 Å². The standard InChI is InChI=1S/C14H20N6O5/c1-14(23)9(22)7(4-21)25-13(14)20-3-6(10(15)19-24)8-11(16-2)17-5-18-12(8)20/h3,5,7,9,13,21-24H,4H2,1-2H3,(H2,15,19)(H,16,17,18)/t7-,9-,13-,14-/m1/s1. The van der Waals surface area contributed by atoms with Gasteiger partial charge in [-0.05, 0) is 6.92 Å². The van der Waals surface area contributed by atoms with E-state index < -0.39 is 30.6 Å². The molecular formula is C14H20N6O5. The minimum Gasteiger partial charge on any atom is -0.409 e. The summed E-state index contributed by atoms with van der Waals surface area (Å²) in [5, 5.41) is 45.7. The van der Waals surface area contributed by atoms with Crippen molar-refractivity contribution >= 4 is 22.7 Å². The zero-order valence-corrected chi connectivity index (χ0v) is 13.7. The highest BCUT2D eigenvalue weighted by Gasteiger charge is 2.53. The fraction of sp³-hybridized carbons (Fsp3) is 0.500. The highest BCUT2D eigenvalue weighted by Crippen LogP contribution is 2.41. The number of oxime groups is 1. The molecule has 0 unspecified atom stereocenters. The summed E-state index contributed by atoms with van der Waals surface area (Å²) in [7, 11) is 1.66. The lowest BCUT2D eigenvalue weighted by Gasteiger charge is -2.27. The van der Waals surface area contributed by atoms with Crippen molar-refractivity contribution in [1.29, 1.82) is 0 Å². The van der Waals surface area contributed by atoms with Gasteiger partial charge in [0.15, 0.2) is 12.1 Å². The lowest BCUT2D eigenvalue weighted by Crippen LogP contribution is -2.44. The molecule has 0 radical (unpaired) electrons. The van der Waals surface area contributed by atoms with E-state index in [9.17, 15) is 15.3 Å². The van der Waals surface area contributed by atoms with Crippen LogP contribution >= 0.6 is 0 Å². The molecule has 2 aromatic heterocycles. The fourth-order valence-electron chi connectivity index (χ4n) is 3.09. The lowest BCUT2D eigenvalue weighted by molar-refractivity contribution is -0.0948. The largest absolute Gasteiger partial charge is 0.409 e. The van der Waals surface area contributed by atoms with Crippen LogP contribution in [0.25, 0.3) is 11.0 Å². The van der Waals surface area contributed by atoms with Crippen LogP contribution in [-0.2, 0) is 4.74 Å². The Bertz CT molecular complexity index is 819. The number of amidine groups is 1. The Labute approximate surface area is 142 Å². The van der Waals surface area contributed by atoms with Crippen molar-refractivity contribution in [2.75, 3.05) is 19.0 Å². The van der Waals surface area contributed by atoms with Gasteiger partial charge in [0.1, 0.15) is 35.6 Å². The summed E-state index contributed by atoms with van der Waals surface area (Å²) in [6.07, 6.45) is -0.527. The van der Waals surface area contributed by atoms with E-state index in [0.717, 1.165) is 0 Å². The Morgan fingerprint density at radius 3 is 2.80 bits per heavy atom. The summed E-state index contributed by atoms with van der Waals surface area (Å²) in [5.74, 6) is 0.259. The Morgan fingerprint density at radius 1 is 1.52 bits per heavy atom. The van der Waals surface area contributed by atoms with Gasteiger partial charge in [0.05, 0.1) is 17.6 Å². The van der Waals surface area contributed by atoms with Gasteiger partial charge in [-0.2, -0.15) is 0 Å².